The van der Waals surface area contributed by atoms with Gasteiger partial charge in [-0.3, -0.25) is 28.0 Å². The van der Waals surface area contributed by atoms with E-state index >= 15 is 0 Å². The molecule has 4 unspecified atom stereocenters. The first-order valence-corrected chi connectivity index (χ1v) is 30.9. The van der Waals surface area contributed by atoms with Gasteiger partial charge in [0.05, 0.1) is 70.7 Å². The quantitative estimate of drug-likeness (QED) is 0.0208. The number of nitrogens with one attached hydrogen (secondary N) is 1. The van der Waals surface area contributed by atoms with E-state index in [1.807, 2.05) is 126 Å². The minimum atomic E-state index is -4.30. The molecule has 76 heavy (non-hydrogen) atoms. The fourth-order valence-electron chi connectivity index (χ4n) is 8.86. The molecule has 0 saturated carbocycles. The zero-order valence-electron chi connectivity index (χ0n) is 45.7. The van der Waals surface area contributed by atoms with Crippen LogP contribution in [0.25, 0.3) is 10.4 Å². The number of benzene rings is 3. The van der Waals surface area contributed by atoms with Crippen LogP contribution in [-0.2, 0) is 96.5 Å². The molecule has 3 aromatic rings. The Morgan fingerprint density at radius 2 is 1.37 bits per heavy atom. The number of rotatable bonds is 25. The molecule has 0 spiro atoms. The van der Waals surface area contributed by atoms with Crippen LogP contribution in [0.15, 0.2) is 90.0 Å². The summed E-state index contributed by atoms with van der Waals surface area (Å²) in [6.07, 6.45) is -6.71. The van der Waals surface area contributed by atoms with Gasteiger partial charge in [-0.05, 0) is 58.8 Å². The number of fused-ring (bicyclic) bond motifs is 1. The van der Waals surface area contributed by atoms with Gasteiger partial charge in [0, 0.05) is 23.2 Å². The minimum absolute atomic E-state index is 0.0386. The SMILES string of the molecule is CCC(=O)O[C@H](CC)CC(=O)NC1[C@H](OCC2O[C@@H](O[Si](C)(C)C(C)(C)C)C(N=[N+]=[N-])[C@@H](OC(=O)C[C@@H](CC)OCc3ccccc3)[C@@H]2C)OC(COCc2ccccc2)[C@@H](OP2(=O)OCc3ccccc3CO2)[C@@H]1C. The van der Waals surface area contributed by atoms with E-state index in [4.69, 9.17) is 51.2 Å². The van der Waals surface area contributed by atoms with Crippen LogP contribution < -0.4 is 5.32 Å². The molecular weight excluding hydrogens is 1020 g/mol. The maximum Gasteiger partial charge on any atom is 0.475 e. The third kappa shape index (κ3) is 17.0. The maximum atomic E-state index is 14.6. The second kappa shape index (κ2) is 28.4. The van der Waals surface area contributed by atoms with Gasteiger partial charge in [-0.15, -0.1) is 0 Å². The molecule has 3 aromatic carbocycles. The smallest absolute Gasteiger partial charge is 0.462 e. The second-order valence-electron chi connectivity index (χ2n) is 21.2. The van der Waals surface area contributed by atoms with Gasteiger partial charge in [0.15, 0.2) is 20.9 Å². The Balaban J connectivity index is 1.31. The third-order valence-electron chi connectivity index (χ3n) is 14.7. The van der Waals surface area contributed by atoms with Gasteiger partial charge in [0.2, 0.25) is 5.91 Å². The number of esters is 2. The van der Waals surface area contributed by atoms with Crippen molar-refractivity contribution in [1.82, 2.24) is 5.32 Å². The summed E-state index contributed by atoms with van der Waals surface area (Å²) in [4.78, 5) is 43.7. The predicted molar refractivity (Wildman–Crippen MR) is 284 cm³/mol. The number of hydrogen-bond donors (Lipinski definition) is 1. The molecule has 1 N–H and O–H groups in total. The van der Waals surface area contributed by atoms with Crippen molar-refractivity contribution in [1.29, 1.82) is 0 Å². The number of ether oxygens (including phenoxy) is 7. The number of azide groups is 1. The van der Waals surface area contributed by atoms with Crippen LogP contribution in [0.3, 0.4) is 0 Å². The van der Waals surface area contributed by atoms with Crippen LogP contribution >= 0.6 is 7.82 Å². The first kappa shape index (κ1) is 60.7. The van der Waals surface area contributed by atoms with Crippen molar-refractivity contribution in [3.63, 3.8) is 0 Å². The van der Waals surface area contributed by atoms with Gasteiger partial charge in [-0.25, -0.2) is 4.57 Å². The first-order valence-electron chi connectivity index (χ1n) is 26.5. The molecule has 21 heteroatoms. The number of amides is 1. The molecule has 3 heterocycles. The van der Waals surface area contributed by atoms with Gasteiger partial charge in [-0.1, -0.05) is 145 Å². The van der Waals surface area contributed by atoms with Crippen molar-refractivity contribution in [2.45, 2.75) is 193 Å². The van der Waals surface area contributed by atoms with Gasteiger partial charge < -0.3 is 42.9 Å². The van der Waals surface area contributed by atoms with Crippen LogP contribution in [0.2, 0.25) is 18.1 Å². The highest BCUT2D eigenvalue weighted by atomic mass is 31.2. The van der Waals surface area contributed by atoms with E-state index < -0.39 is 107 Å². The van der Waals surface area contributed by atoms with Gasteiger partial charge in [0.25, 0.3) is 0 Å². The number of nitrogens with zero attached hydrogens (tertiary/aromatic N) is 3. The van der Waals surface area contributed by atoms with Crippen LogP contribution in [0.5, 0.6) is 0 Å². The largest absolute Gasteiger partial charge is 0.475 e. The van der Waals surface area contributed by atoms with E-state index in [1.54, 1.807) is 6.92 Å². The normalized spacial score (nSPS) is 26.4. The summed E-state index contributed by atoms with van der Waals surface area (Å²) >= 11 is 0. The van der Waals surface area contributed by atoms with Crippen molar-refractivity contribution >= 4 is 34.0 Å². The predicted octanol–water partition coefficient (Wildman–Crippen LogP) is 10.8. The molecule has 2 fully saturated rings. The van der Waals surface area contributed by atoms with Crippen molar-refractivity contribution < 1.29 is 70.1 Å². The molecule has 6 rings (SSSR count). The van der Waals surface area contributed by atoms with Crippen molar-refractivity contribution in [3.05, 3.63) is 118 Å². The van der Waals surface area contributed by atoms with Crippen molar-refractivity contribution in [3.8, 4) is 0 Å². The maximum absolute atomic E-state index is 14.6. The highest BCUT2D eigenvalue weighted by Crippen LogP contribution is 2.55. The van der Waals surface area contributed by atoms with Crippen LogP contribution in [0, 0.1) is 11.8 Å². The molecule has 0 bridgehead atoms. The summed E-state index contributed by atoms with van der Waals surface area (Å²) in [5.74, 6) is -2.86. The highest BCUT2D eigenvalue weighted by Gasteiger charge is 2.53. The number of carbonyl (C=O) groups is 3. The molecular formula is C55H79N4O15PSi. The Kier molecular flexibility index (Phi) is 22.7. The summed E-state index contributed by atoms with van der Waals surface area (Å²) in [5.41, 5.74) is 13.4. The molecule has 0 aliphatic carbocycles. The van der Waals surface area contributed by atoms with Crippen LogP contribution in [0.4, 0.5) is 0 Å². The second-order valence-corrected chi connectivity index (χ2v) is 27.6. The monoisotopic (exact) mass is 1090 g/mol. The Morgan fingerprint density at radius 3 is 1.95 bits per heavy atom. The number of phosphoric ester groups is 1. The van der Waals surface area contributed by atoms with Crippen molar-refractivity contribution in [2.24, 2.45) is 17.0 Å². The standard InChI is InChI=1S/C55H79N4O15PSi/c1-11-42(65-31-39-24-18-15-19-25-39)29-48(62)72-52-36(4)44(70-54(50(52)58-59-56)74-76(9,10)55(6,7)8)35-66-53-49(57-46(60)28-43(12-2)69-47(61)13-3)37(5)51(45(71-53)34-64-30-38-22-16-14-17-23-38)73-75(63)67-32-40-26-20-21-27-41(40)33-68-75/h14-27,36-37,42-45,49-54H,11-13,28-35H2,1-10H3,(H,57,60)/t36-,37-,42-,43-,44?,45?,49?,50?,51+,52+,53-,54+/m1/s1. The molecule has 0 radical (unpaired) electrons. The topological polar surface area (TPSA) is 231 Å². The molecule has 3 aliphatic rings. The summed E-state index contributed by atoms with van der Waals surface area (Å²) in [6.45, 7) is 19.5. The summed E-state index contributed by atoms with van der Waals surface area (Å²) in [7, 11) is -6.97. The van der Waals surface area contributed by atoms with E-state index in [0.29, 0.717) is 19.4 Å². The Labute approximate surface area is 449 Å². The average molecular weight is 1100 g/mol. The Morgan fingerprint density at radius 1 is 0.776 bits per heavy atom. The lowest BCUT2D eigenvalue weighted by Gasteiger charge is -2.48. The fourth-order valence-corrected chi connectivity index (χ4v) is 11.4. The average Bonchev–Trinajstić information content (AvgIpc) is 3.58. The van der Waals surface area contributed by atoms with Gasteiger partial charge >= 0.3 is 19.8 Å². The third-order valence-corrected chi connectivity index (χ3v) is 20.5. The molecule has 2 saturated heterocycles. The first-order chi connectivity index (χ1) is 36.3. The van der Waals surface area contributed by atoms with Crippen molar-refractivity contribution in [2.75, 3.05) is 13.2 Å². The lowest BCUT2D eigenvalue weighted by molar-refractivity contribution is -0.282. The minimum Gasteiger partial charge on any atom is -0.462 e. The lowest BCUT2D eigenvalue weighted by atomic mass is 9.88. The fraction of sp³-hybridized carbons (Fsp3) is 0.618. The molecule has 19 nitrogen and oxygen atoms in total. The summed E-state index contributed by atoms with van der Waals surface area (Å²) < 4.78 is 84.4. The Bertz CT molecular complexity index is 2400. The molecule has 3 aliphatic heterocycles. The van der Waals surface area contributed by atoms with E-state index in [2.05, 4.69) is 36.1 Å². The molecule has 0 aromatic heterocycles. The summed E-state index contributed by atoms with van der Waals surface area (Å²) in [6, 6.07) is 24.6. The number of carbonyl (C=O) groups excluding carboxylic acids is 3. The van der Waals surface area contributed by atoms with Crippen LogP contribution in [0.1, 0.15) is 110 Å². The van der Waals surface area contributed by atoms with Gasteiger partial charge in [-0.2, -0.15) is 0 Å². The van der Waals surface area contributed by atoms with E-state index in [9.17, 15) is 24.5 Å². The molecule has 418 valence electrons. The zero-order chi connectivity index (χ0) is 55.0. The lowest BCUT2D eigenvalue weighted by Crippen LogP contribution is -2.63. The van der Waals surface area contributed by atoms with Gasteiger partial charge in [0.1, 0.15) is 30.5 Å². The van der Waals surface area contributed by atoms with E-state index in [0.717, 1.165) is 22.3 Å². The number of hydrogen-bond acceptors (Lipinski definition) is 16. The summed E-state index contributed by atoms with van der Waals surface area (Å²) in [5, 5.41) is 6.92. The molecule has 12 atom stereocenters. The zero-order valence-corrected chi connectivity index (χ0v) is 47.6. The Hall–Kier alpha value is -4.53. The molecule has 1 amide bonds. The number of phosphoric acid groups is 1. The highest BCUT2D eigenvalue weighted by molar-refractivity contribution is 7.48. The van der Waals surface area contributed by atoms with E-state index in [1.165, 1.54) is 0 Å². The van der Waals surface area contributed by atoms with E-state index in [-0.39, 0.29) is 57.3 Å². The van der Waals surface area contributed by atoms with Crippen LogP contribution in [-0.4, -0.2) is 101 Å².